The largest absolute Gasteiger partial charge is 0.384 e. The standard InChI is InChI=1S/C15H20N4O3S/c1-3-18(8-10-6-5-7-23-10)9-11(20)12-13(16)19(4-2)15(22)17-14(12)21/h5-7H,3-4,8-9,16H2,1-2H3,(H,17,21,22). The van der Waals surface area contributed by atoms with Gasteiger partial charge in [0.05, 0.1) is 6.54 Å². The highest BCUT2D eigenvalue weighted by Gasteiger charge is 2.20. The van der Waals surface area contributed by atoms with Gasteiger partial charge in [0, 0.05) is 18.0 Å². The molecule has 0 saturated heterocycles. The Labute approximate surface area is 137 Å². The van der Waals surface area contributed by atoms with Gasteiger partial charge in [-0.05, 0) is 24.9 Å². The van der Waals surface area contributed by atoms with Gasteiger partial charge in [-0.25, -0.2) is 4.79 Å². The summed E-state index contributed by atoms with van der Waals surface area (Å²) < 4.78 is 1.18. The Morgan fingerprint density at radius 2 is 2.13 bits per heavy atom. The lowest BCUT2D eigenvalue weighted by Gasteiger charge is -2.19. The smallest absolute Gasteiger partial charge is 0.329 e. The first kappa shape index (κ1) is 17.2. The third-order valence-electron chi connectivity index (χ3n) is 3.61. The Hall–Kier alpha value is -2.19. The Kier molecular flexibility index (Phi) is 5.51. The maximum absolute atomic E-state index is 12.5. The SMILES string of the molecule is CCN(CC(=O)c1c(N)n(CC)c(=O)[nH]c1=O)Cc1cccs1. The third-order valence-corrected chi connectivity index (χ3v) is 4.47. The summed E-state index contributed by atoms with van der Waals surface area (Å²) in [6.45, 7) is 5.32. The number of H-pyrrole nitrogens is 1. The van der Waals surface area contributed by atoms with Gasteiger partial charge in [-0.2, -0.15) is 0 Å². The zero-order chi connectivity index (χ0) is 17.0. The predicted molar refractivity (Wildman–Crippen MR) is 91.0 cm³/mol. The summed E-state index contributed by atoms with van der Waals surface area (Å²) in [5.74, 6) is -0.456. The number of hydrogen-bond acceptors (Lipinski definition) is 6. The summed E-state index contributed by atoms with van der Waals surface area (Å²) in [6, 6.07) is 3.95. The molecular formula is C15H20N4O3S. The van der Waals surface area contributed by atoms with Crippen LogP contribution in [0.2, 0.25) is 0 Å². The van der Waals surface area contributed by atoms with Gasteiger partial charge in [-0.1, -0.05) is 13.0 Å². The van der Waals surface area contributed by atoms with Crippen molar-refractivity contribution in [1.29, 1.82) is 0 Å². The molecule has 8 heteroatoms. The molecule has 0 unspecified atom stereocenters. The van der Waals surface area contributed by atoms with Crippen LogP contribution in [0.5, 0.6) is 0 Å². The number of nitrogens with two attached hydrogens (primary N) is 1. The normalized spacial score (nSPS) is 11.1. The summed E-state index contributed by atoms with van der Waals surface area (Å²) in [5, 5.41) is 1.98. The highest BCUT2D eigenvalue weighted by molar-refractivity contribution is 7.09. The molecule has 0 atom stereocenters. The number of Topliss-reactive ketones (excluding diaryl/α,β-unsaturated/α-hetero) is 1. The lowest BCUT2D eigenvalue weighted by molar-refractivity contribution is 0.0928. The minimum absolute atomic E-state index is 0.0709. The molecule has 3 N–H and O–H groups in total. The number of ketones is 1. The number of thiophene rings is 1. The van der Waals surface area contributed by atoms with Crippen molar-refractivity contribution in [3.8, 4) is 0 Å². The van der Waals surface area contributed by atoms with Crippen molar-refractivity contribution in [3.05, 3.63) is 48.8 Å². The maximum Gasteiger partial charge on any atom is 0.329 e. The molecule has 0 saturated carbocycles. The molecule has 0 aliphatic rings. The highest BCUT2D eigenvalue weighted by atomic mass is 32.1. The van der Waals surface area contributed by atoms with Gasteiger partial charge in [-0.3, -0.25) is 24.0 Å². The molecule has 2 heterocycles. The summed E-state index contributed by atoms with van der Waals surface area (Å²) in [4.78, 5) is 41.4. The third kappa shape index (κ3) is 3.77. The number of carbonyl (C=O) groups excluding carboxylic acids is 1. The van der Waals surface area contributed by atoms with Crippen LogP contribution in [0.25, 0.3) is 0 Å². The highest BCUT2D eigenvalue weighted by Crippen LogP contribution is 2.13. The van der Waals surface area contributed by atoms with Crippen LogP contribution in [-0.2, 0) is 13.1 Å². The number of aromatic nitrogens is 2. The number of likely N-dealkylation sites (N-methyl/N-ethyl adjacent to an activating group) is 1. The molecule has 0 radical (unpaired) electrons. The lowest BCUT2D eigenvalue weighted by Crippen LogP contribution is -2.38. The molecule has 0 fully saturated rings. The first-order chi connectivity index (χ1) is 11.0. The van der Waals surface area contributed by atoms with E-state index in [4.69, 9.17) is 5.73 Å². The summed E-state index contributed by atoms with van der Waals surface area (Å²) >= 11 is 1.61. The van der Waals surface area contributed by atoms with Crippen molar-refractivity contribution < 1.29 is 4.79 Å². The molecule has 0 amide bonds. The molecule has 7 nitrogen and oxygen atoms in total. The van der Waals surface area contributed by atoms with Gasteiger partial charge >= 0.3 is 5.69 Å². The number of rotatable bonds is 7. The Bertz CT molecular complexity index is 792. The van der Waals surface area contributed by atoms with Crippen molar-refractivity contribution in [3.63, 3.8) is 0 Å². The van der Waals surface area contributed by atoms with Crippen LogP contribution in [-0.4, -0.2) is 33.3 Å². The number of hydrogen-bond donors (Lipinski definition) is 2. The van der Waals surface area contributed by atoms with E-state index in [2.05, 4.69) is 4.98 Å². The number of nitrogen functional groups attached to an aromatic ring is 1. The van der Waals surface area contributed by atoms with Gasteiger partial charge in [0.15, 0.2) is 5.78 Å². The van der Waals surface area contributed by atoms with Crippen molar-refractivity contribution in [2.45, 2.75) is 26.9 Å². The predicted octanol–water partition coefficient (Wildman–Crippen LogP) is 0.905. The van der Waals surface area contributed by atoms with E-state index < -0.39 is 11.2 Å². The first-order valence-corrected chi connectivity index (χ1v) is 8.26. The molecule has 0 aliphatic carbocycles. The van der Waals surface area contributed by atoms with E-state index in [0.29, 0.717) is 13.1 Å². The van der Waals surface area contributed by atoms with Gasteiger partial charge in [0.2, 0.25) is 0 Å². The first-order valence-electron chi connectivity index (χ1n) is 7.38. The molecule has 0 spiro atoms. The van der Waals surface area contributed by atoms with Crippen molar-refractivity contribution in [1.82, 2.24) is 14.5 Å². The molecule has 2 aromatic heterocycles. The van der Waals surface area contributed by atoms with E-state index >= 15 is 0 Å². The number of carbonyl (C=O) groups is 1. The van der Waals surface area contributed by atoms with Gasteiger partial charge < -0.3 is 5.73 Å². The Balaban J connectivity index is 2.26. The van der Waals surface area contributed by atoms with Gasteiger partial charge in [0.25, 0.3) is 5.56 Å². The second-order valence-corrected chi connectivity index (χ2v) is 6.10. The van der Waals surface area contributed by atoms with Gasteiger partial charge in [-0.15, -0.1) is 11.3 Å². The fourth-order valence-electron chi connectivity index (χ4n) is 2.36. The van der Waals surface area contributed by atoms with E-state index in [-0.39, 0.29) is 30.3 Å². The van der Waals surface area contributed by atoms with E-state index in [1.807, 2.05) is 29.3 Å². The van der Waals surface area contributed by atoms with Crippen LogP contribution >= 0.6 is 11.3 Å². The summed E-state index contributed by atoms with van der Waals surface area (Å²) in [6.07, 6.45) is 0. The average molecular weight is 336 g/mol. The topological polar surface area (TPSA) is 101 Å². The second kappa shape index (κ2) is 7.38. The van der Waals surface area contributed by atoms with Crippen LogP contribution in [0.1, 0.15) is 29.1 Å². The van der Waals surface area contributed by atoms with Crippen LogP contribution in [0.3, 0.4) is 0 Å². The van der Waals surface area contributed by atoms with Crippen molar-refractivity contribution in [2.24, 2.45) is 0 Å². The quantitative estimate of drug-likeness (QED) is 0.732. The molecule has 0 aromatic carbocycles. The molecular weight excluding hydrogens is 316 g/mol. The number of nitrogens with zero attached hydrogens (tertiary/aromatic N) is 2. The van der Waals surface area contributed by atoms with E-state index in [0.717, 1.165) is 4.88 Å². The van der Waals surface area contributed by atoms with E-state index in [1.165, 1.54) is 4.57 Å². The molecule has 124 valence electrons. The minimum atomic E-state index is -0.727. The molecule has 0 aliphatic heterocycles. The van der Waals surface area contributed by atoms with E-state index in [1.54, 1.807) is 18.3 Å². The Morgan fingerprint density at radius 1 is 1.39 bits per heavy atom. The lowest BCUT2D eigenvalue weighted by atomic mass is 10.1. The monoisotopic (exact) mass is 336 g/mol. The maximum atomic E-state index is 12.5. The molecule has 2 rings (SSSR count). The average Bonchev–Trinajstić information content (AvgIpc) is 2.99. The summed E-state index contributed by atoms with van der Waals surface area (Å²) in [5.41, 5.74) is 4.39. The molecule has 23 heavy (non-hydrogen) atoms. The van der Waals surface area contributed by atoms with Crippen molar-refractivity contribution in [2.75, 3.05) is 18.8 Å². The summed E-state index contributed by atoms with van der Waals surface area (Å²) in [7, 11) is 0. The van der Waals surface area contributed by atoms with Crippen LogP contribution in [0.4, 0.5) is 5.82 Å². The van der Waals surface area contributed by atoms with Gasteiger partial charge in [0.1, 0.15) is 11.4 Å². The number of nitrogens with one attached hydrogen (secondary N) is 1. The van der Waals surface area contributed by atoms with E-state index in [9.17, 15) is 14.4 Å². The zero-order valence-electron chi connectivity index (χ0n) is 13.2. The fraction of sp³-hybridized carbons (Fsp3) is 0.400. The molecule has 2 aromatic rings. The Morgan fingerprint density at radius 3 is 2.70 bits per heavy atom. The minimum Gasteiger partial charge on any atom is -0.384 e. The van der Waals surface area contributed by atoms with Crippen molar-refractivity contribution >= 4 is 22.9 Å². The fourth-order valence-corrected chi connectivity index (χ4v) is 3.10. The van der Waals surface area contributed by atoms with Crippen LogP contribution in [0, 0.1) is 0 Å². The number of anilines is 1. The zero-order valence-corrected chi connectivity index (χ0v) is 14.0. The van der Waals surface area contributed by atoms with Crippen LogP contribution in [0.15, 0.2) is 27.1 Å². The van der Waals surface area contributed by atoms with Crippen LogP contribution < -0.4 is 17.0 Å². The molecule has 0 bridgehead atoms. The number of aromatic amines is 1. The second-order valence-electron chi connectivity index (χ2n) is 5.07.